The fourth-order valence-electron chi connectivity index (χ4n) is 2.61. The molecule has 1 saturated carbocycles. The van der Waals surface area contributed by atoms with Gasteiger partial charge in [0.05, 0.1) is 11.7 Å². The second kappa shape index (κ2) is 3.77. The average Bonchev–Trinajstić information content (AvgIpc) is 3.26. The van der Waals surface area contributed by atoms with Crippen molar-refractivity contribution >= 4 is 0 Å². The Morgan fingerprint density at radius 3 is 2.40 bits per heavy atom. The van der Waals surface area contributed by atoms with Crippen molar-refractivity contribution in [1.29, 1.82) is 0 Å². The van der Waals surface area contributed by atoms with Gasteiger partial charge in [0.15, 0.2) is 11.6 Å². The van der Waals surface area contributed by atoms with E-state index < -0.39 is 11.6 Å². The molecule has 4 rings (SSSR count). The van der Waals surface area contributed by atoms with Crippen molar-refractivity contribution < 1.29 is 13.5 Å². The van der Waals surface area contributed by atoms with E-state index in [1.807, 2.05) is 12.1 Å². The Morgan fingerprint density at radius 2 is 1.80 bits per heavy atom. The number of rotatable bonds is 3. The lowest BCUT2D eigenvalue weighted by atomic mass is 10.1. The highest BCUT2D eigenvalue weighted by Crippen LogP contribution is 2.59. The topological polar surface area (TPSA) is 57.2 Å². The molecule has 2 aromatic rings. The van der Waals surface area contributed by atoms with Crippen LogP contribution in [0.15, 0.2) is 42.5 Å². The van der Waals surface area contributed by atoms with Crippen LogP contribution in [-0.2, 0) is 0 Å². The summed E-state index contributed by atoms with van der Waals surface area (Å²) in [6.07, 6.45) is 0. The van der Waals surface area contributed by atoms with Gasteiger partial charge in [-0.05, 0) is 29.8 Å². The number of hydrogen-bond acceptors (Lipinski definition) is 3. The molecule has 0 spiro atoms. The number of benzene rings is 2. The lowest BCUT2D eigenvalue weighted by molar-refractivity contribution is 0.416. The molecule has 2 fully saturated rings. The summed E-state index contributed by atoms with van der Waals surface area (Å²) in [6.45, 7) is 0. The van der Waals surface area contributed by atoms with Crippen molar-refractivity contribution in [3.63, 3.8) is 0 Å². The lowest BCUT2D eigenvalue weighted by Crippen LogP contribution is -2.26. The Kier molecular flexibility index (Phi) is 2.23. The minimum Gasteiger partial charge on any atom is -0.454 e. The normalized spacial score (nSPS) is 29.8. The van der Waals surface area contributed by atoms with E-state index >= 15 is 0 Å². The first kappa shape index (κ1) is 11.8. The van der Waals surface area contributed by atoms with Crippen LogP contribution in [0.3, 0.4) is 0 Å². The van der Waals surface area contributed by atoms with E-state index in [1.54, 1.807) is 12.1 Å². The predicted molar refractivity (Wildman–Crippen MR) is 69.5 cm³/mol. The Labute approximate surface area is 114 Å². The second-order valence-electron chi connectivity index (χ2n) is 5.26. The molecular formula is C15H12F2N2O. The molecule has 3 unspecified atom stereocenters. The molecule has 5 heteroatoms. The Bertz CT molecular complexity index is 689. The maximum absolute atomic E-state index is 13.5. The Balaban J connectivity index is 1.53. The van der Waals surface area contributed by atoms with Gasteiger partial charge < -0.3 is 10.5 Å². The standard InChI is InChI=1S/C15H12F2N2O/c16-10-2-1-3-11(13(10)17)20-9-6-4-8(5-7-9)12-14-15(12,18)19-14/h1-7,12,14,19H,18H2. The van der Waals surface area contributed by atoms with Crippen LogP contribution in [-0.4, -0.2) is 11.7 Å². The maximum atomic E-state index is 13.5. The lowest BCUT2D eigenvalue weighted by Gasteiger charge is -2.10. The van der Waals surface area contributed by atoms with Gasteiger partial charge in [-0.2, -0.15) is 4.39 Å². The molecule has 3 atom stereocenters. The van der Waals surface area contributed by atoms with E-state index in [0.717, 1.165) is 11.6 Å². The quantitative estimate of drug-likeness (QED) is 0.845. The third-order valence-electron chi connectivity index (χ3n) is 3.96. The average molecular weight is 274 g/mol. The number of ether oxygens (including phenoxy) is 1. The summed E-state index contributed by atoms with van der Waals surface area (Å²) in [5.41, 5.74) is 6.90. The number of halogens is 2. The van der Waals surface area contributed by atoms with Crippen molar-refractivity contribution in [2.45, 2.75) is 17.6 Å². The first-order chi connectivity index (χ1) is 9.59. The van der Waals surface area contributed by atoms with Crippen LogP contribution in [0, 0.1) is 11.6 Å². The summed E-state index contributed by atoms with van der Waals surface area (Å²) in [4.78, 5) is 0. The van der Waals surface area contributed by atoms with E-state index in [9.17, 15) is 8.78 Å². The molecule has 0 amide bonds. The molecule has 3 nitrogen and oxygen atoms in total. The molecule has 2 aromatic carbocycles. The number of fused-ring (bicyclic) bond motifs is 1. The van der Waals surface area contributed by atoms with Crippen molar-refractivity contribution in [3.8, 4) is 11.5 Å². The molecule has 1 aliphatic heterocycles. The Hall–Kier alpha value is -1.98. The highest BCUT2D eigenvalue weighted by Gasteiger charge is 2.77. The van der Waals surface area contributed by atoms with Crippen LogP contribution in [0.5, 0.6) is 11.5 Å². The molecule has 1 saturated heterocycles. The van der Waals surface area contributed by atoms with Crippen LogP contribution in [0.2, 0.25) is 0 Å². The van der Waals surface area contributed by atoms with Gasteiger partial charge in [-0.1, -0.05) is 18.2 Å². The van der Waals surface area contributed by atoms with Gasteiger partial charge in [-0.3, -0.25) is 5.32 Å². The summed E-state index contributed by atoms with van der Waals surface area (Å²) in [6, 6.07) is 11.5. The predicted octanol–water partition coefficient (Wildman–Crippen LogP) is 2.48. The zero-order valence-electron chi connectivity index (χ0n) is 10.4. The highest BCUT2D eigenvalue weighted by molar-refractivity contribution is 5.50. The van der Waals surface area contributed by atoms with Gasteiger partial charge in [0.1, 0.15) is 5.75 Å². The largest absolute Gasteiger partial charge is 0.454 e. The molecule has 0 aromatic heterocycles. The first-order valence-electron chi connectivity index (χ1n) is 6.38. The van der Waals surface area contributed by atoms with Gasteiger partial charge in [-0.25, -0.2) is 4.39 Å². The molecule has 1 aliphatic carbocycles. The summed E-state index contributed by atoms with van der Waals surface area (Å²) < 4.78 is 31.9. The van der Waals surface area contributed by atoms with Crippen LogP contribution in [0.4, 0.5) is 8.78 Å². The monoisotopic (exact) mass is 274 g/mol. The zero-order valence-corrected chi connectivity index (χ0v) is 10.4. The van der Waals surface area contributed by atoms with Crippen molar-refractivity contribution in [2.24, 2.45) is 5.73 Å². The third kappa shape index (κ3) is 1.63. The SMILES string of the molecule is NC12NC1C2c1ccc(Oc2cccc(F)c2F)cc1. The number of hydrogen-bond donors (Lipinski definition) is 2. The van der Waals surface area contributed by atoms with Gasteiger partial charge in [0, 0.05) is 5.92 Å². The van der Waals surface area contributed by atoms with E-state index in [-0.39, 0.29) is 11.4 Å². The second-order valence-corrected chi connectivity index (χ2v) is 5.26. The highest BCUT2D eigenvalue weighted by atomic mass is 19.2. The summed E-state index contributed by atoms with van der Waals surface area (Å²) >= 11 is 0. The molecule has 0 radical (unpaired) electrons. The molecule has 0 bridgehead atoms. The van der Waals surface area contributed by atoms with Crippen LogP contribution < -0.4 is 15.8 Å². The molecule has 20 heavy (non-hydrogen) atoms. The van der Waals surface area contributed by atoms with E-state index in [2.05, 4.69) is 5.32 Å². The fraction of sp³-hybridized carbons (Fsp3) is 0.200. The van der Waals surface area contributed by atoms with Gasteiger partial charge in [-0.15, -0.1) is 0 Å². The van der Waals surface area contributed by atoms with Crippen LogP contribution >= 0.6 is 0 Å². The molecule has 1 heterocycles. The molecule has 3 N–H and O–H groups in total. The first-order valence-corrected chi connectivity index (χ1v) is 6.38. The number of nitrogens with one attached hydrogen (secondary N) is 1. The van der Waals surface area contributed by atoms with Crippen molar-refractivity contribution in [1.82, 2.24) is 5.32 Å². The van der Waals surface area contributed by atoms with Gasteiger partial charge >= 0.3 is 0 Å². The molecular weight excluding hydrogens is 262 g/mol. The summed E-state index contributed by atoms with van der Waals surface area (Å²) in [5, 5.41) is 3.14. The maximum Gasteiger partial charge on any atom is 0.201 e. The minimum absolute atomic E-state index is 0.121. The summed E-state index contributed by atoms with van der Waals surface area (Å²) in [7, 11) is 0. The third-order valence-corrected chi connectivity index (χ3v) is 3.96. The fourth-order valence-corrected chi connectivity index (χ4v) is 2.61. The van der Waals surface area contributed by atoms with E-state index in [0.29, 0.717) is 17.7 Å². The molecule has 2 aliphatic rings. The summed E-state index contributed by atoms with van der Waals surface area (Å²) in [5.74, 6) is -1.21. The van der Waals surface area contributed by atoms with Crippen molar-refractivity contribution in [3.05, 3.63) is 59.7 Å². The van der Waals surface area contributed by atoms with E-state index in [1.165, 1.54) is 12.1 Å². The van der Waals surface area contributed by atoms with Crippen LogP contribution in [0.1, 0.15) is 11.5 Å². The van der Waals surface area contributed by atoms with Crippen LogP contribution in [0.25, 0.3) is 0 Å². The minimum atomic E-state index is -0.981. The Morgan fingerprint density at radius 1 is 1.10 bits per heavy atom. The molecule has 102 valence electrons. The van der Waals surface area contributed by atoms with Gasteiger partial charge in [0.2, 0.25) is 5.82 Å². The number of nitrogens with two attached hydrogens (primary N) is 1. The zero-order chi connectivity index (χ0) is 13.9. The smallest absolute Gasteiger partial charge is 0.201 e. The van der Waals surface area contributed by atoms with E-state index in [4.69, 9.17) is 10.5 Å². The van der Waals surface area contributed by atoms with Crippen molar-refractivity contribution in [2.75, 3.05) is 0 Å². The van der Waals surface area contributed by atoms with Gasteiger partial charge in [0.25, 0.3) is 0 Å².